The largest absolute Gasteiger partial charge is 0.477 e. The van der Waals surface area contributed by atoms with E-state index in [2.05, 4.69) is 0 Å². The van der Waals surface area contributed by atoms with Gasteiger partial charge in [-0.05, 0) is 38.8 Å². The molecular weight excluding hydrogens is 332 g/mol. The van der Waals surface area contributed by atoms with Gasteiger partial charge in [-0.3, -0.25) is 0 Å². The Kier molecular flexibility index (Phi) is 5.89. The lowest BCUT2D eigenvalue weighted by molar-refractivity contribution is -0.150. The lowest BCUT2D eigenvalue weighted by atomic mass is 10.0. The van der Waals surface area contributed by atoms with Crippen molar-refractivity contribution >= 4 is 28.5 Å². The van der Waals surface area contributed by atoms with Crippen molar-refractivity contribution in [3.05, 3.63) is 38.7 Å². The van der Waals surface area contributed by atoms with E-state index in [1.165, 1.54) is 6.07 Å². The number of hydrogen-bond donors (Lipinski definition) is 0. The van der Waals surface area contributed by atoms with Crippen LogP contribution in [-0.4, -0.2) is 18.7 Å². The Bertz CT molecular complexity index is 809. The smallest absolute Gasteiger partial charge is 0.347 e. The average molecular weight is 353 g/mol. The van der Waals surface area contributed by atoms with Crippen LogP contribution in [0.4, 0.5) is 0 Å². The molecule has 5 nitrogen and oxygen atoms in total. The summed E-state index contributed by atoms with van der Waals surface area (Å²) in [7, 11) is 0. The minimum atomic E-state index is -0.813. The fourth-order valence-electron chi connectivity index (χ4n) is 2.52. The van der Waals surface area contributed by atoms with Gasteiger partial charge in [-0.15, -0.1) is 0 Å². The highest BCUT2D eigenvalue weighted by Crippen LogP contribution is 2.32. The summed E-state index contributed by atoms with van der Waals surface area (Å²) in [4.78, 5) is 23.8. The molecule has 6 heteroatoms. The van der Waals surface area contributed by atoms with Gasteiger partial charge in [0.15, 0.2) is 6.10 Å². The first kappa shape index (κ1) is 18.3. The molecule has 0 N–H and O–H groups in total. The Morgan fingerprint density at radius 1 is 1.33 bits per heavy atom. The Morgan fingerprint density at radius 2 is 2.04 bits per heavy atom. The van der Waals surface area contributed by atoms with Crippen molar-refractivity contribution in [2.45, 2.75) is 46.6 Å². The summed E-state index contributed by atoms with van der Waals surface area (Å²) in [5.41, 5.74) is 1.55. The fraction of sp³-hybridized carbons (Fsp3) is 0.444. The fourth-order valence-corrected chi connectivity index (χ4v) is 2.73. The number of carbonyl (C=O) groups excluding carboxylic acids is 1. The molecule has 0 spiro atoms. The van der Waals surface area contributed by atoms with Gasteiger partial charge in [0.25, 0.3) is 0 Å². The van der Waals surface area contributed by atoms with Crippen LogP contribution < -0.4 is 10.4 Å². The van der Waals surface area contributed by atoms with E-state index < -0.39 is 12.1 Å². The van der Waals surface area contributed by atoms with Crippen molar-refractivity contribution in [3.8, 4) is 5.75 Å². The maximum atomic E-state index is 12.1. The summed E-state index contributed by atoms with van der Waals surface area (Å²) in [6.45, 7) is 7.45. The third-order valence-corrected chi connectivity index (χ3v) is 4.06. The normalized spacial score (nSPS) is 12.2. The predicted molar refractivity (Wildman–Crippen MR) is 92.9 cm³/mol. The summed E-state index contributed by atoms with van der Waals surface area (Å²) >= 11 is 6.27. The van der Waals surface area contributed by atoms with E-state index in [0.717, 1.165) is 17.4 Å². The van der Waals surface area contributed by atoms with Gasteiger partial charge >= 0.3 is 11.6 Å². The summed E-state index contributed by atoms with van der Waals surface area (Å²) in [6, 6.07) is 3.24. The van der Waals surface area contributed by atoms with Gasteiger partial charge in [0.05, 0.1) is 11.6 Å². The Balaban J connectivity index is 2.45. The van der Waals surface area contributed by atoms with Crippen LogP contribution in [0.25, 0.3) is 11.0 Å². The molecule has 0 fully saturated rings. The minimum Gasteiger partial charge on any atom is -0.477 e. The van der Waals surface area contributed by atoms with Gasteiger partial charge in [-0.2, -0.15) is 0 Å². The minimum absolute atomic E-state index is 0.270. The number of rotatable bonds is 6. The summed E-state index contributed by atoms with van der Waals surface area (Å²) in [6.07, 6.45) is 0.690. The van der Waals surface area contributed by atoms with Crippen molar-refractivity contribution in [1.82, 2.24) is 0 Å². The lowest BCUT2D eigenvalue weighted by Crippen LogP contribution is -2.26. The van der Waals surface area contributed by atoms with E-state index in [-0.39, 0.29) is 18.0 Å². The molecule has 0 amide bonds. The number of hydrogen-bond acceptors (Lipinski definition) is 5. The van der Waals surface area contributed by atoms with Crippen LogP contribution in [0, 0.1) is 6.92 Å². The van der Waals surface area contributed by atoms with E-state index in [1.54, 1.807) is 19.9 Å². The maximum absolute atomic E-state index is 12.1. The highest BCUT2D eigenvalue weighted by atomic mass is 35.5. The van der Waals surface area contributed by atoms with Crippen LogP contribution in [0.2, 0.25) is 5.02 Å². The third kappa shape index (κ3) is 3.73. The van der Waals surface area contributed by atoms with Crippen LogP contribution in [0.3, 0.4) is 0 Å². The van der Waals surface area contributed by atoms with Gasteiger partial charge in [0, 0.05) is 17.0 Å². The van der Waals surface area contributed by atoms with Crippen molar-refractivity contribution < 1.29 is 18.7 Å². The predicted octanol–water partition coefficient (Wildman–Crippen LogP) is 4.04. The molecule has 0 saturated heterocycles. The van der Waals surface area contributed by atoms with Gasteiger partial charge in [0.1, 0.15) is 11.3 Å². The van der Waals surface area contributed by atoms with Crippen LogP contribution >= 0.6 is 11.6 Å². The number of halogens is 1. The van der Waals surface area contributed by atoms with Crippen LogP contribution in [-0.2, 0) is 16.0 Å². The van der Waals surface area contributed by atoms with Gasteiger partial charge < -0.3 is 13.9 Å². The first-order valence-corrected chi connectivity index (χ1v) is 8.35. The number of ether oxygens (including phenoxy) is 2. The van der Waals surface area contributed by atoms with E-state index in [1.807, 2.05) is 13.8 Å². The molecule has 1 aromatic heterocycles. The molecule has 0 radical (unpaired) electrons. The van der Waals surface area contributed by atoms with Crippen LogP contribution in [0.1, 0.15) is 38.3 Å². The first-order chi connectivity index (χ1) is 11.4. The molecule has 0 bridgehead atoms. The molecule has 1 aromatic carbocycles. The van der Waals surface area contributed by atoms with E-state index in [0.29, 0.717) is 22.6 Å². The molecule has 0 unspecified atom stereocenters. The quantitative estimate of drug-likeness (QED) is 0.580. The van der Waals surface area contributed by atoms with E-state index in [4.69, 9.17) is 25.5 Å². The summed E-state index contributed by atoms with van der Waals surface area (Å²) in [5, 5.41) is 1.11. The topological polar surface area (TPSA) is 65.7 Å². The number of carbonyl (C=O) groups is 1. The molecule has 130 valence electrons. The van der Waals surface area contributed by atoms with Crippen molar-refractivity contribution in [3.63, 3.8) is 0 Å². The first-order valence-electron chi connectivity index (χ1n) is 7.98. The molecule has 2 rings (SSSR count). The zero-order valence-electron chi connectivity index (χ0n) is 14.3. The molecule has 2 aromatic rings. The third-order valence-electron chi connectivity index (χ3n) is 3.76. The van der Waals surface area contributed by atoms with E-state index in [9.17, 15) is 9.59 Å². The van der Waals surface area contributed by atoms with Gasteiger partial charge in [-0.25, -0.2) is 9.59 Å². The second kappa shape index (κ2) is 7.71. The summed E-state index contributed by atoms with van der Waals surface area (Å²) < 4.78 is 15.9. The monoisotopic (exact) mass is 352 g/mol. The highest BCUT2D eigenvalue weighted by molar-refractivity contribution is 6.32. The second-order valence-electron chi connectivity index (χ2n) is 5.53. The zero-order valence-corrected chi connectivity index (χ0v) is 15.0. The average Bonchev–Trinajstić information content (AvgIpc) is 2.53. The maximum Gasteiger partial charge on any atom is 0.347 e. The molecule has 24 heavy (non-hydrogen) atoms. The Labute approximate surface area is 145 Å². The van der Waals surface area contributed by atoms with E-state index >= 15 is 0 Å². The Hall–Kier alpha value is -2.01. The number of fused-ring (bicyclic) bond motifs is 1. The molecule has 0 saturated carbocycles. The Morgan fingerprint density at radius 3 is 2.67 bits per heavy atom. The second-order valence-corrected chi connectivity index (χ2v) is 5.94. The molecule has 0 aliphatic carbocycles. The summed E-state index contributed by atoms with van der Waals surface area (Å²) in [5.74, 6) is -0.208. The zero-order chi connectivity index (χ0) is 17.9. The number of aryl methyl sites for hydroxylation is 1. The molecular formula is C18H21ClO5. The van der Waals surface area contributed by atoms with Gasteiger partial charge in [0.2, 0.25) is 0 Å². The van der Waals surface area contributed by atoms with Crippen molar-refractivity contribution in [1.29, 1.82) is 0 Å². The number of esters is 1. The van der Waals surface area contributed by atoms with Crippen molar-refractivity contribution in [2.75, 3.05) is 6.61 Å². The van der Waals surface area contributed by atoms with Crippen LogP contribution in [0.15, 0.2) is 21.3 Å². The van der Waals surface area contributed by atoms with Crippen molar-refractivity contribution in [2.24, 2.45) is 0 Å². The van der Waals surface area contributed by atoms with Gasteiger partial charge in [-0.1, -0.05) is 24.9 Å². The standard InChI is InChI=1S/C18H21ClO5/c1-5-7-12-10(3)13-8-14(19)16(9-15(13)24-18(12)21)23-11(4)17(20)22-6-2/h8-9,11H,5-7H2,1-4H3/t11-/m0/s1. The van der Waals surface area contributed by atoms with Crippen LogP contribution in [0.5, 0.6) is 5.75 Å². The molecule has 0 aliphatic rings. The number of benzene rings is 1. The molecule has 1 heterocycles. The molecule has 1 atom stereocenters. The lowest BCUT2D eigenvalue weighted by Gasteiger charge is -2.15. The SMILES string of the molecule is CCCc1c(C)c2cc(Cl)c(O[C@@H](C)C(=O)OCC)cc2oc1=O. The molecule has 0 aliphatic heterocycles. The highest BCUT2D eigenvalue weighted by Gasteiger charge is 2.19.